The Hall–Kier alpha value is 0.230. The lowest BCUT2D eigenvalue weighted by atomic mass is 9.77. The predicted octanol–water partition coefficient (Wildman–Crippen LogP) is 2.10. The molecular weight excluding hydrogens is 244 g/mol. The summed E-state index contributed by atoms with van der Waals surface area (Å²) in [5, 5.41) is 0.734. The molecule has 3 nitrogen and oxygen atoms in total. The molecule has 0 aromatic rings. The van der Waals surface area contributed by atoms with Crippen molar-refractivity contribution < 1.29 is 4.74 Å². The van der Waals surface area contributed by atoms with Crippen LogP contribution in [0, 0.1) is 0 Å². The number of ether oxygens (including phenoxy) is 1. The molecule has 3 atom stereocenters. The summed E-state index contributed by atoms with van der Waals surface area (Å²) in [7, 11) is 0. The molecule has 2 saturated heterocycles. The van der Waals surface area contributed by atoms with Crippen LogP contribution in [0.5, 0.6) is 0 Å². The molecule has 0 saturated carbocycles. The fourth-order valence-corrected chi connectivity index (χ4v) is 4.39. The molecule has 0 amide bonds. The highest BCUT2D eigenvalue weighted by molar-refractivity contribution is 7.99. The van der Waals surface area contributed by atoms with Gasteiger partial charge in [0.1, 0.15) is 0 Å². The third kappa shape index (κ3) is 2.87. The zero-order valence-electron chi connectivity index (χ0n) is 12.1. The lowest BCUT2D eigenvalue weighted by Gasteiger charge is -2.53. The number of rotatable bonds is 3. The average molecular weight is 272 g/mol. The van der Waals surface area contributed by atoms with E-state index in [1.807, 2.05) is 0 Å². The second kappa shape index (κ2) is 5.70. The predicted molar refractivity (Wildman–Crippen MR) is 79.2 cm³/mol. The first-order chi connectivity index (χ1) is 8.53. The van der Waals surface area contributed by atoms with Crippen LogP contribution in [0.25, 0.3) is 0 Å². The van der Waals surface area contributed by atoms with Gasteiger partial charge in [0.15, 0.2) is 0 Å². The third-order valence-electron chi connectivity index (χ3n) is 4.76. The summed E-state index contributed by atoms with van der Waals surface area (Å²) in [5.74, 6) is 1.24. The fourth-order valence-electron chi connectivity index (χ4n) is 3.37. The highest BCUT2D eigenvalue weighted by Crippen LogP contribution is 2.39. The van der Waals surface area contributed by atoms with Crippen LogP contribution >= 0.6 is 11.8 Å². The second-order valence-corrected chi connectivity index (χ2v) is 7.68. The Labute approximate surface area is 116 Å². The molecule has 0 aromatic heterocycles. The standard InChI is InChI=1S/C14H28N2OS/c1-4-13(3)10-14(11-15,5-7-17-13)16-6-8-18-12(2)9-16/h12H,4-11,15H2,1-3H3. The number of nitrogens with zero attached hydrogens (tertiary/aromatic N) is 1. The van der Waals surface area contributed by atoms with Crippen molar-refractivity contribution in [1.82, 2.24) is 4.90 Å². The molecule has 3 unspecified atom stereocenters. The Bertz CT molecular complexity index is 289. The van der Waals surface area contributed by atoms with E-state index in [2.05, 4.69) is 37.4 Å². The molecule has 106 valence electrons. The average Bonchev–Trinajstić information content (AvgIpc) is 2.39. The fraction of sp³-hybridized carbons (Fsp3) is 1.00. The largest absolute Gasteiger partial charge is 0.375 e. The number of hydrogen-bond donors (Lipinski definition) is 1. The summed E-state index contributed by atoms with van der Waals surface area (Å²) in [6, 6.07) is 0. The van der Waals surface area contributed by atoms with Gasteiger partial charge >= 0.3 is 0 Å². The zero-order valence-corrected chi connectivity index (χ0v) is 12.9. The molecule has 2 N–H and O–H groups in total. The van der Waals surface area contributed by atoms with Gasteiger partial charge in [0.25, 0.3) is 0 Å². The number of nitrogens with two attached hydrogens (primary N) is 1. The van der Waals surface area contributed by atoms with E-state index in [9.17, 15) is 0 Å². The van der Waals surface area contributed by atoms with E-state index in [-0.39, 0.29) is 11.1 Å². The highest BCUT2D eigenvalue weighted by Gasteiger charge is 2.46. The molecule has 2 heterocycles. The van der Waals surface area contributed by atoms with E-state index < -0.39 is 0 Å². The van der Waals surface area contributed by atoms with E-state index in [4.69, 9.17) is 10.5 Å². The van der Waals surface area contributed by atoms with Gasteiger partial charge in [0.05, 0.1) is 5.60 Å². The van der Waals surface area contributed by atoms with E-state index >= 15 is 0 Å². The van der Waals surface area contributed by atoms with Crippen molar-refractivity contribution >= 4 is 11.8 Å². The van der Waals surface area contributed by atoms with Gasteiger partial charge in [0.2, 0.25) is 0 Å². The first kappa shape index (κ1) is 14.6. The molecule has 0 aromatic carbocycles. The normalized spacial score (nSPS) is 43.0. The monoisotopic (exact) mass is 272 g/mol. The first-order valence-corrected chi connectivity index (χ1v) is 8.29. The minimum absolute atomic E-state index is 0.0193. The minimum atomic E-state index is 0.0193. The zero-order chi connectivity index (χ0) is 13.2. The van der Waals surface area contributed by atoms with Crippen LogP contribution in [0.1, 0.15) is 40.0 Å². The highest BCUT2D eigenvalue weighted by atomic mass is 32.2. The van der Waals surface area contributed by atoms with Gasteiger partial charge in [-0.05, 0) is 26.2 Å². The second-order valence-electron chi connectivity index (χ2n) is 6.13. The van der Waals surface area contributed by atoms with Gasteiger partial charge < -0.3 is 10.5 Å². The lowest BCUT2D eigenvalue weighted by Crippen LogP contribution is -2.63. The maximum Gasteiger partial charge on any atom is 0.0670 e. The van der Waals surface area contributed by atoms with Crippen LogP contribution in [-0.2, 0) is 4.74 Å². The Morgan fingerprint density at radius 3 is 2.89 bits per heavy atom. The Morgan fingerprint density at radius 2 is 2.28 bits per heavy atom. The summed E-state index contributed by atoms with van der Waals surface area (Å²) in [5.41, 5.74) is 6.38. The van der Waals surface area contributed by atoms with Crippen molar-refractivity contribution in [3.05, 3.63) is 0 Å². The number of hydrogen-bond acceptors (Lipinski definition) is 4. The first-order valence-electron chi connectivity index (χ1n) is 7.24. The molecule has 2 fully saturated rings. The van der Waals surface area contributed by atoms with Gasteiger partial charge in [0, 0.05) is 42.8 Å². The molecule has 0 spiro atoms. The Morgan fingerprint density at radius 1 is 1.50 bits per heavy atom. The molecule has 2 aliphatic rings. The van der Waals surface area contributed by atoms with Gasteiger partial charge in [-0.3, -0.25) is 4.90 Å². The van der Waals surface area contributed by atoms with Crippen molar-refractivity contribution in [3.63, 3.8) is 0 Å². The van der Waals surface area contributed by atoms with Crippen molar-refractivity contribution in [2.75, 3.05) is 32.0 Å². The van der Waals surface area contributed by atoms with Crippen molar-refractivity contribution in [3.8, 4) is 0 Å². The summed E-state index contributed by atoms with van der Waals surface area (Å²) in [6.45, 7) is 10.8. The van der Waals surface area contributed by atoms with E-state index in [0.717, 1.165) is 37.7 Å². The SMILES string of the molecule is CCC1(C)CC(CN)(N2CCSC(C)C2)CCO1. The van der Waals surface area contributed by atoms with Crippen LogP contribution in [0.2, 0.25) is 0 Å². The van der Waals surface area contributed by atoms with Crippen LogP contribution in [0.4, 0.5) is 0 Å². The minimum Gasteiger partial charge on any atom is -0.375 e. The van der Waals surface area contributed by atoms with Crippen molar-refractivity contribution in [2.24, 2.45) is 5.73 Å². The molecule has 0 radical (unpaired) electrons. The summed E-state index contributed by atoms with van der Waals surface area (Å²) >= 11 is 2.09. The summed E-state index contributed by atoms with van der Waals surface area (Å²) in [4.78, 5) is 2.66. The molecule has 0 aliphatic carbocycles. The molecular formula is C14H28N2OS. The van der Waals surface area contributed by atoms with Gasteiger partial charge in [-0.1, -0.05) is 13.8 Å². The third-order valence-corrected chi connectivity index (χ3v) is 5.90. The lowest BCUT2D eigenvalue weighted by molar-refractivity contribution is -0.128. The van der Waals surface area contributed by atoms with Gasteiger partial charge in [-0.15, -0.1) is 0 Å². The maximum absolute atomic E-state index is 6.19. The van der Waals surface area contributed by atoms with Crippen LogP contribution in [-0.4, -0.2) is 53.3 Å². The Kier molecular flexibility index (Phi) is 4.63. The Balaban J connectivity index is 2.13. The van der Waals surface area contributed by atoms with Crippen molar-refractivity contribution in [2.45, 2.75) is 56.4 Å². The summed E-state index contributed by atoms with van der Waals surface area (Å²) < 4.78 is 6.00. The number of thioether (sulfide) groups is 1. The van der Waals surface area contributed by atoms with E-state index in [1.165, 1.54) is 18.8 Å². The van der Waals surface area contributed by atoms with Crippen LogP contribution in [0.3, 0.4) is 0 Å². The van der Waals surface area contributed by atoms with E-state index in [0.29, 0.717) is 0 Å². The smallest absolute Gasteiger partial charge is 0.0670 e. The summed E-state index contributed by atoms with van der Waals surface area (Å²) in [6.07, 6.45) is 3.26. The van der Waals surface area contributed by atoms with Crippen LogP contribution in [0.15, 0.2) is 0 Å². The molecule has 2 aliphatic heterocycles. The molecule has 4 heteroatoms. The molecule has 18 heavy (non-hydrogen) atoms. The molecule has 2 rings (SSSR count). The van der Waals surface area contributed by atoms with Crippen LogP contribution < -0.4 is 5.73 Å². The molecule has 0 bridgehead atoms. The topological polar surface area (TPSA) is 38.5 Å². The maximum atomic E-state index is 6.19. The van der Waals surface area contributed by atoms with E-state index in [1.54, 1.807) is 0 Å². The van der Waals surface area contributed by atoms with Gasteiger partial charge in [-0.25, -0.2) is 0 Å². The van der Waals surface area contributed by atoms with Crippen molar-refractivity contribution in [1.29, 1.82) is 0 Å². The van der Waals surface area contributed by atoms with Gasteiger partial charge in [-0.2, -0.15) is 11.8 Å². The quantitative estimate of drug-likeness (QED) is 0.854.